The predicted octanol–water partition coefficient (Wildman–Crippen LogP) is 3.88. The van der Waals surface area contributed by atoms with Crippen molar-refractivity contribution in [2.75, 3.05) is 17.7 Å². The van der Waals surface area contributed by atoms with Gasteiger partial charge in [0.1, 0.15) is 0 Å². The zero-order valence-electron chi connectivity index (χ0n) is 15.8. The lowest BCUT2D eigenvalue weighted by atomic mass is 10.1. The zero-order chi connectivity index (χ0) is 20.1. The van der Waals surface area contributed by atoms with Crippen molar-refractivity contribution in [3.05, 3.63) is 77.1 Å². The van der Waals surface area contributed by atoms with Crippen molar-refractivity contribution in [3.8, 4) is 0 Å². The molecule has 0 radical (unpaired) electrons. The Morgan fingerprint density at radius 1 is 0.857 bits per heavy atom. The number of nitrogens with zero attached hydrogens (tertiary/aromatic N) is 2. The van der Waals surface area contributed by atoms with Gasteiger partial charge in [0.2, 0.25) is 5.95 Å². The molecule has 7 heteroatoms. The Hall–Kier alpha value is -3.74. The summed E-state index contributed by atoms with van der Waals surface area (Å²) in [4.78, 5) is 32.7. The summed E-state index contributed by atoms with van der Waals surface area (Å²) < 4.78 is 4.69. The maximum absolute atomic E-state index is 12.5. The van der Waals surface area contributed by atoms with Crippen LogP contribution in [0.1, 0.15) is 32.1 Å². The van der Waals surface area contributed by atoms with Gasteiger partial charge in [0.25, 0.3) is 5.91 Å². The fourth-order valence-corrected chi connectivity index (χ4v) is 2.66. The highest BCUT2D eigenvalue weighted by Gasteiger charge is 2.10. The number of amides is 1. The third-order valence-electron chi connectivity index (χ3n) is 3.93. The van der Waals surface area contributed by atoms with E-state index in [0.29, 0.717) is 22.8 Å². The molecule has 3 rings (SSSR count). The number of methoxy groups -OCH3 is 1. The highest BCUT2D eigenvalue weighted by Crippen LogP contribution is 2.17. The third-order valence-corrected chi connectivity index (χ3v) is 3.93. The molecule has 1 heterocycles. The van der Waals surface area contributed by atoms with Crippen molar-refractivity contribution in [1.29, 1.82) is 0 Å². The maximum atomic E-state index is 12.5. The number of benzene rings is 2. The highest BCUT2D eigenvalue weighted by molar-refractivity contribution is 6.05. The summed E-state index contributed by atoms with van der Waals surface area (Å²) in [6, 6.07) is 15.4. The van der Waals surface area contributed by atoms with Crippen LogP contribution in [0.2, 0.25) is 0 Å². The molecule has 0 saturated heterocycles. The van der Waals surface area contributed by atoms with Crippen molar-refractivity contribution in [3.63, 3.8) is 0 Å². The molecule has 2 N–H and O–H groups in total. The number of hydrogen-bond donors (Lipinski definition) is 2. The van der Waals surface area contributed by atoms with E-state index in [4.69, 9.17) is 0 Å². The fourth-order valence-electron chi connectivity index (χ4n) is 2.66. The number of nitrogens with one attached hydrogen (secondary N) is 2. The smallest absolute Gasteiger partial charge is 0.337 e. The quantitative estimate of drug-likeness (QED) is 0.657. The minimum absolute atomic E-state index is 0.281. The minimum Gasteiger partial charge on any atom is -0.465 e. The molecule has 142 valence electrons. The second kappa shape index (κ2) is 8.30. The van der Waals surface area contributed by atoms with Gasteiger partial charge in [-0.25, -0.2) is 14.8 Å². The van der Waals surface area contributed by atoms with E-state index in [2.05, 4.69) is 25.3 Å². The Labute approximate surface area is 162 Å². The van der Waals surface area contributed by atoms with E-state index in [1.165, 1.54) is 7.11 Å². The van der Waals surface area contributed by atoms with Crippen LogP contribution in [0.3, 0.4) is 0 Å². The molecule has 3 aromatic rings. The molecule has 0 aliphatic carbocycles. The summed E-state index contributed by atoms with van der Waals surface area (Å²) in [7, 11) is 1.31. The van der Waals surface area contributed by atoms with Crippen LogP contribution in [0, 0.1) is 13.8 Å². The lowest BCUT2D eigenvalue weighted by molar-refractivity contribution is 0.0600. The summed E-state index contributed by atoms with van der Waals surface area (Å²) >= 11 is 0. The van der Waals surface area contributed by atoms with E-state index >= 15 is 0 Å². The van der Waals surface area contributed by atoms with Gasteiger partial charge in [-0.2, -0.15) is 0 Å². The second-order valence-corrected chi connectivity index (χ2v) is 6.20. The molecule has 0 fully saturated rings. The first-order valence-corrected chi connectivity index (χ1v) is 8.64. The van der Waals surface area contributed by atoms with E-state index in [-0.39, 0.29) is 5.91 Å². The van der Waals surface area contributed by atoms with Crippen LogP contribution in [-0.4, -0.2) is 29.0 Å². The standard InChI is InChI=1S/C21H20N4O3/c1-13-11-14(2)23-21(22-13)25-17-9-7-15(8-10-17)19(26)24-18-6-4-5-16(12-18)20(27)28-3/h4-12H,1-3H3,(H,24,26)(H,22,23,25). The van der Waals surface area contributed by atoms with E-state index < -0.39 is 5.97 Å². The lowest BCUT2D eigenvalue weighted by Crippen LogP contribution is -2.12. The summed E-state index contributed by atoms with van der Waals surface area (Å²) in [6.45, 7) is 3.81. The molecule has 1 amide bonds. The number of aryl methyl sites for hydroxylation is 2. The van der Waals surface area contributed by atoms with Gasteiger partial charge in [-0.05, 0) is 62.4 Å². The Balaban J connectivity index is 1.69. The van der Waals surface area contributed by atoms with Crippen LogP contribution in [0.15, 0.2) is 54.6 Å². The monoisotopic (exact) mass is 376 g/mol. The summed E-state index contributed by atoms with van der Waals surface area (Å²) in [5.74, 6) is -0.231. The average molecular weight is 376 g/mol. The average Bonchev–Trinajstić information content (AvgIpc) is 2.67. The van der Waals surface area contributed by atoms with Crippen molar-refractivity contribution in [2.45, 2.75) is 13.8 Å². The molecule has 0 aliphatic heterocycles. The third kappa shape index (κ3) is 4.70. The van der Waals surface area contributed by atoms with E-state index in [1.54, 1.807) is 48.5 Å². The van der Waals surface area contributed by atoms with Crippen LogP contribution >= 0.6 is 0 Å². The number of anilines is 3. The first-order chi connectivity index (χ1) is 13.4. The van der Waals surface area contributed by atoms with E-state index in [9.17, 15) is 9.59 Å². The molecule has 0 atom stereocenters. The lowest BCUT2D eigenvalue weighted by Gasteiger charge is -2.09. The van der Waals surface area contributed by atoms with Gasteiger partial charge in [-0.3, -0.25) is 4.79 Å². The van der Waals surface area contributed by atoms with Crippen molar-refractivity contribution in [1.82, 2.24) is 9.97 Å². The predicted molar refractivity (Wildman–Crippen MR) is 107 cm³/mol. The summed E-state index contributed by atoms with van der Waals surface area (Å²) in [5, 5.41) is 5.89. The van der Waals surface area contributed by atoms with Crippen molar-refractivity contribution in [2.24, 2.45) is 0 Å². The fraction of sp³-hybridized carbons (Fsp3) is 0.143. The molecule has 0 aliphatic rings. The van der Waals surface area contributed by atoms with Crippen molar-refractivity contribution >= 4 is 29.2 Å². The van der Waals surface area contributed by atoms with Crippen LogP contribution in [-0.2, 0) is 4.74 Å². The first-order valence-electron chi connectivity index (χ1n) is 8.64. The van der Waals surface area contributed by atoms with Gasteiger partial charge in [-0.1, -0.05) is 6.07 Å². The molecular weight excluding hydrogens is 356 g/mol. The van der Waals surface area contributed by atoms with Gasteiger partial charge in [0, 0.05) is 28.3 Å². The number of esters is 1. The number of carbonyl (C=O) groups is 2. The number of hydrogen-bond acceptors (Lipinski definition) is 6. The number of aromatic nitrogens is 2. The molecular formula is C21H20N4O3. The molecule has 0 unspecified atom stereocenters. The highest BCUT2D eigenvalue weighted by atomic mass is 16.5. The molecule has 28 heavy (non-hydrogen) atoms. The van der Waals surface area contributed by atoms with E-state index in [1.807, 2.05) is 19.9 Å². The number of carbonyl (C=O) groups excluding carboxylic acids is 2. The van der Waals surface area contributed by atoms with Gasteiger partial charge >= 0.3 is 5.97 Å². The SMILES string of the molecule is COC(=O)c1cccc(NC(=O)c2ccc(Nc3nc(C)cc(C)n3)cc2)c1. The number of rotatable bonds is 5. The molecule has 2 aromatic carbocycles. The largest absolute Gasteiger partial charge is 0.465 e. The zero-order valence-corrected chi connectivity index (χ0v) is 15.8. The Morgan fingerprint density at radius 2 is 1.54 bits per heavy atom. The second-order valence-electron chi connectivity index (χ2n) is 6.20. The van der Waals surface area contributed by atoms with Crippen LogP contribution in [0.25, 0.3) is 0 Å². The molecule has 0 saturated carbocycles. The van der Waals surface area contributed by atoms with Crippen molar-refractivity contribution < 1.29 is 14.3 Å². The van der Waals surface area contributed by atoms with E-state index in [0.717, 1.165) is 17.1 Å². The van der Waals surface area contributed by atoms with Gasteiger partial charge < -0.3 is 15.4 Å². The molecule has 7 nitrogen and oxygen atoms in total. The molecule has 0 bridgehead atoms. The van der Waals surface area contributed by atoms with Gasteiger partial charge in [-0.15, -0.1) is 0 Å². The normalized spacial score (nSPS) is 10.2. The Bertz CT molecular complexity index is 996. The Kier molecular flexibility index (Phi) is 5.64. The molecule has 0 spiro atoms. The molecule has 1 aromatic heterocycles. The van der Waals surface area contributed by atoms with Crippen LogP contribution in [0.5, 0.6) is 0 Å². The van der Waals surface area contributed by atoms with Gasteiger partial charge in [0.05, 0.1) is 12.7 Å². The summed E-state index contributed by atoms with van der Waals surface area (Å²) in [5.41, 5.74) is 3.89. The Morgan fingerprint density at radius 3 is 2.18 bits per heavy atom. The topological polar surface area (TPSA) is 93.2 Å². The van der Waals surface area contributed by atoms with Crippen LogP contribution in [0.4, 0.5) is 17.3 Å². The minimum atomic E-state index is -0.458. The maximum Gasteiger partial charge on any atom is 0.337 e. The van der Waals surface area contributed by atoms with Gasteiger partial charge in [0.15, 0.2) is 0 Å². The summed E-state index contributed by atoms with van der Waals surface area (Å²) in [6.07, 6.45) is 0. The van der Waals surface area contributed by atoms with Crippen LogP contribution < -0.4 is 10.6 Å². The number of ether oxygens (including phenoxy) is 1. The first kappa shape index (κ1) is 19.0.